The lowest BCUT2D eigenvalue weighted by Crippen LogP contribution is -2.25. The van der Waals surface area contributed by atoms with E-state index in [9.17, 15) is 4.79 Å². The number of hydrogen-bond acceptors (Lipinski definition) is 3. The van der Waals surface area contributed by atoms with Gasteiger partial charge < -0.3 is 14.8 Å². The first-order valence-electron chi connectivity index (χ1n) is 8.16. The monoisotopic (exact) mass is 331 g/mol. The minimum atomic E-state index is -0.231. The number of rotatable bonds is 5. The number of nitrogens with one attached hydrogen (secondary N) is 2. The van der Waals surface area contributed by atoms with E-state index < -0.39 is 0 Å². The van der Waals surface area contributed by atoms with Gasteiger partial charge in [0.1, 0.15) is 0 Å². The third kappa shape index (κ3) is 3.17. The van der Waals surface area contributed by atoms with E-state index in [2.05, 4.69) is 21.5 Å². The van der Waals surface area contributed by atoms with E-state index in [0.717, 1.165) is 17.5 Å². The van der Waals surface area contributed by atoms with E-state index in [0.29, 0.717) is 12.3 Å². The molecule has 0 bridgehead atoms. The van der Waals surface area contributed by atoms with Gasteiger partial charge in [0.05, 0.1) is 0 Å². The zero-order valence-corrected chi connectivity index (χ0v) is 13.5. The maximum atomic E-state index is 12.2. The molecule has 0 radical (unpaired) electrons. The summed E-state index contributed by atoms with van der Waals surface area (Å²) < 4.78 is 5.27. The molecule has 4 aromatic rings. The number of amides is 1. The van der Waals surface area contributed by atoms with E-state index >= 15 is 0 Å². The Hall–Kier alpha value is -3.34. The molecule has 4 rings (SSSR count). The lowest BCUT2D eigenvalue weighted by atomic mass is 10.1. The predicted molar refractivity (Wildman–Crippen MR) is 96.3 cm³/mol. The molecule has 0 spiro atoms. The Balaban J connectivity index is 1.39. The van der Waals surface area contributed by atoms with Crippen LogP contribution in [-0.4, -0.2) is 22.6 Å². The second kappa shape index (κ2) is 6.65. The van der Waals surface area contributed by atoms with E-state index in [-0.39, 0.29) is 11.6 Å². The van der Waals surface area contributed by atoms with Crippen molar-refractivity contribution < 1.29 is 9.32 Å². The lowest BCUT2D eigenvalue weighted by molar-refractivity contribution is 0.0945. The van der Waals surface area contributed by atoms with Crippen LogP contribution in [0.4, 0.5) is 0 Å². The van der Waals surface area contributed by atoms with Crippen molar-refractivity contribution in [2.45, 2.75) is 6.42 Å². The van der Waals surface area contributed by atoms with Crippen molar-refractivity contribution in [2.75, 3.05) is 6.54 Å². The summed E-state index contributed by atoms with van der Waals surface area (Å²) in [6.07, 6.45) is 2.74. The van der Waals surface area contributed by atoms with E-state index in [4.69, 9.17) is 4.52 Å². The highest BCUT2D eigenvalue weighted by molar-refractivity contribution is 5.93. The standard InChI is InChI=1S/C20H17N3O2/c24-20(18-12-19(25-23-18)14-6-2-1-3-7-14)21-11-10-15-13-22-17-9-5-4-8-16(15)17/h1-9,12-13,22H,10-11H2,(H,21,24). The molecule has 2 heterocycles. The predicted octanol–water partition coefficient (Wildman–Crippen LogP) is 3.80. The minimum absolute atomic E-state index is 0.231. The Labute approximate surface area is 144 Å². The van der Waals surface area contributed by atoms with Crippen molar-refractivity contribution in [3.05, 3.63) is 78.1 Å². The normalized spacial score (nSPS) is 10.9. The molecule has 1 amide bonds. The highest BCUT2D eigenvalue weighted by Crippen LogP contribution is 2.20. The van der Waals surface area contributed by atoms with Gasteiger partial charge in [0.15, 0.2) is 11.5 Å². The van der Waals surface area contributed by atoms with Crippen LogP contribution in [0, 0.1) is 0 Å². The number of nitrogens with zero attached hydrogens (tertiary/aromatic N) is 1. The zero-order valence-electron chi connectivity index (χ0n) is 13.5. The number of aromatic amines is 1. The average molecular weight is 331 g/mol. The molecule has 2 N–H and O–H groups in total. The van der Waals surface area contributed by atoms with Crippen molar-refractivity contribution in [3.63, 3.8) is 0 Å². The van der Waals surface area contributed by atoms with Gasteiger partial charge in [-0.1, -0.05) is 53.7 Å². The summed E-state index contributed by atoms with van der Waals surface area (Å²) in [7, 11) is 0. The number of carbonyl (C=O) groups is 1. The van der Waals surface area contributed by atoms with Gasteiger partial charge in [-0.15, -0.1) is 0 Å². The summed E-state index contributed by atoms with van der Waals surface area (Å²) in [5.41, 5.74) is 3.47. The smallest absolute Gasteiger partial charge is 0.273 e. The first-order valence-corrected chi connectivity index (χ1v) is 8.16. The third-order valence-corrected chi connectivity index (χ3v) is 4.16. The Morgan fingerprint density at radius 2 is 1.88 bits per heavy atom. The van der Waals surface area contributed by atoms with Crippen LogP contribution in [0.5, 0.6) is 0 Å². The van der Waals surface area contributed by atoms with Crippen LogP contribution in [0.2, 0.25) is 0 Å². The van der Waals surface area contributed by atoms with E-state index in [1.807, 2.05) is 54.7 Å². The molecule has 0 aliphatic heterocycles. The van der Waals surface area contributed by atoms with Crippen LogP contribution in [0.3, 0.4) is 0 Å². The summed E-state index contributed by atoms with van der Waals surface area (Å²) in [5.74, 6) is 0.355. The molecule has 0 aliphatic rings. The number of H-pyrrole nitrogens is 1. The number of aromatic nitrogens is 2. The first kappa shape index (κ1) is 15.2. The topological polar surface area (TPSA) is 70.9 Å². The minimum Gasteiger partial charge on any atom is -0.361 e. The van der Waals surface area contributed by atoms with Crippen LogP contribution in [0.1, 0.15) is 16.1 Å². The summed E-state index contributed by atoms with van der Waals surface area (Å²) in [6, 6.07) is 19.4. The number of fused-ring (bicyclic) bond motifs is 1. The Bertz CT molecular complexity index is 1000. The van der Waals surface area contributed by atoms with Gasteiger partial charge in [0.25, 0.3) is 5.91 Å². The van der Waals surface area contributed by atoms with Crippen molar-refractivity contribution >= 4 is 16.8 Å². The van der Waals surface area contributed by atoms with Crippen molar-refractivity contribution in [2.24, 2.45) is 0 Å². The van der Waals surface area contributed by atoms with Crippen molar-refractivity contribution in [3.8, 4) is 11.3 Å². The number of para-hydroxylation sites is 1. The largest absolute Gasteiger partial charge is 0.361 e. The molecular formula is C20H17N3O2. The SMILES string of the molecule is O=C(NCCc1c[nH]c2ccccc12)c1cc(-c2ccccc2)on1. The second-order valence-corrected chi connectivity index (χ2v) is 5.81. The van der Waals surface area contributed by atoms with Crippen molar-refractivity contribution in [1.82, 2.24) is 15.5 Å². The maximum absolute atomic E-state index is 12.2. The summed E-state index contributed by atoms with van der Waals surface area (Å²) in [5, 5.41) is 7.94. The fraction of sp³-hybridized carbons (Fsp3) is 0.100. The number of hydrogen-bond donors (Lipinski definition) is 2. The summed E-state index contributed by atoms with van der Waals surface area (Å²) in [6.45, 7) is 0.536. The van der Waals surface area contributed by atoms with Gasteiger partial charge >= 0.3 is 0 Å². The van der Waals surface area contributed by atoms with Gasteiger partial charge in [0.2, 0.25) is 0 Å². The Morgan fingerprint density at radius 1 is 1.08 bits per heavy atom. The summed E-state index contributed by atoms with van der Waals surface area (Å²) in [4.78, 5) is 15.5. The molecule has 124 valence electrons. The molecule has 0 unspecified atom stereocenters. The lowest BCUT2D eigenvalue weighted by Gasteiger charge is -2.02. The molecule has 0 fully saturated rings. The van der Waals surface area contributed by atoms with Crippen LogP contribution in [0.25, 0.3) is 22.2 Å². The average Bonchev–Trinajstić information content (AvgIpc) is 3.30. The van der Waals surface area contributed by atoms with Crippen LogP contribution < -0.4 is 5.32 Å². The number of benzene rings is 2. The second-order valence-electron chi connectivity index (χ2n) is 5.81. The Kier molecular flexibility index (Phi) is 4.04. The molecule has 25 heavy (non-hydrogen) atoms. The molecule has 5 nitrogen and oxygen atoms in total. The summed E-state index contributed by atoms with van der Waals surface area (Å²) >= 11 is 0. The molecule has 0 aliphatic carbocycles. The molecular weight excluding hydrogens is 314 g/mol. The maximum Gasteiger partial charge on any atom is 0.273 e. The quantitative estimate of drug-likeness (QED) is 0.584. The molecule has 0 atom stereocenters. The van der Waals surface area contributed by atoms with Gasteiger partial charge in [-0.25, -0.2) is 0 Å². The molecule has 5 heteroatoms. The van der Waals surface area contributed by atoms with Crippen LogP contribution in [-0.2, 0) is 6.42 Å². The molecule has 2 aromatic heterocycles. The number of carbonyl (C=O) groups excluding carboxylic acids is 1. The molecule has 2 aromatic carbocycles. The van der Waals surface area contributed by atoms with Crippen LogP contribution >= 0.6 is 0 Å². The third-order valence-electron chi connectivity index (χ3n) is 4.16. The van der Waals surface area contributed by atoms with Crippen LogP contribution in [0.15, 0.2) is 71.4 Å². The molecule has 0 saturated carbocycles. The van der Waals surface area contributed by atoms with Gasteiger partial charge in [-0.3, -0.25) is 4.79 Å². The fourth-order valence-electron chi connectivity index (χ4n) is 2.86. The van der Waals surface area contributed by atoms with E-state index in [1.165, 1.54) is 10.9 Å². The van der Waals surface area contributed by atoms with Gasteiger partial charge in [0, 0.05) is 35.3 Å². The van der Waals surface area contributed by atoms with Crippen molar-refractivity contribution in [1.29, 1.82) is 0 Å². The van der Waals surface area contributed by atoms with Gasteiger partial charge in [-0.05, 0) is 18.1 Å². The van der Waals surface area contributed by atoms with Gasteiger partial charge in [-0.2, -0.15) is 0 Å². The first-order chi connectivity index (χ1) is 12.3. The fourth-order valence-corrected chi connectivity index (χ4v) is 2.86. The Morgan fingerprint density at radius 3 is 2.76 bits per heavy atom. The highest BCUT2D eigenvalue weighted by Gasteiger charge is 2.13. The van der Waals surface area contributed by atoms with E-state index in [1.54, 1.807) is 6.07 Å². The highest BCUT2D eigenvalue weighted by atomic mass is 16.5. The zero-order chi connectivity index (χ0) is 17.1. The molecule has 0 saturated heterocycles.